The first-order chi connectivity index (χ1) is 7.65. The van der Waals surface area contributed by atoms with Crippen molar-refractivity contribution in [3.05, 3.63) is 21.9 Å². The van der Waals surface area contributed by atoms with Crippen LogP contribution in [0.3, 0.4) is 0 Å². The van der Waals surface area contributed by atoms with Crippen LogP contribution >= 0.6 is 11.3 Å². The van der Waals surface area contributed by atoms with Crippen LogP contribution in [-0.2, 0) is 11.0 Å². The molecule has 0 saturated carbocycles. The molecule has 0 aliphatic carbocycles. The smallest absolute Gasteiger partial charge is 0.192 e. The van der Waals surface area contributed by atoms with Gasteiger partial charge in [-0.15, -0.1) is 11.3 Å². The minimum Gasteiger partial charge on any atom is -0.413 e. The minimum absolute atomic E-state index is 0.133. The topological polar surface area (TPSA) is 26.3 Å². The maximum absolute atomic E-state index is 11.4. The summed E-state index contributed by atoms with van der Waals surface area (Å²) in [4.78, 5) is 12.3. The monoisotopic (exact) mass is 270 g/mol. The van der Waals surface area contributed by atoms with E-state index in [-0.39, 0.29) is 10.8 Å². The van der Waals surface area contributed by atoms with Gasteiger partial charge in [0, 0.05) is 0 Å². The Morgan fingerprint density at radius 3 is 2.47 bits per heavy atom. The van der Waals surface area contributed by atoms with Crippen molar-refractivity contribution in [3.8, 4) is 0 Å². The number of hydrogen-bond donors (Lipinski definition) is 0. The summed E-state index contributed by atoms with van der Waals surface area (Å²) in [6.07, 6.45) is 0. The summed E-state index contributed by atoms with van der Waals surface area (Å²) >= 11 is 1.50. The molecule has 0 radical (unpaired) electrons. The van der Waals surface area contributed by atoms with Gasteiger partial charge in [-0.05, 0) is 42.1 Å². The summed E-state index contributed by atoms with van der Waals surface area (Å²) < 4.78 is 6.12. The van der Waals surface area contributed by atoms with Gasteiger partial charge < -0.3 is 4.43 Å². The SMILES string of the molecule is CC(=O)c1sccc1CO[Si](C)(C)C(C)(C)C. The molecule has 0 bridgehead atoms. The van der Waals surface area contributed by atoms with Crippen LogP contribution in [0.2, 0.25) is 18.1 Å². The first kappa shape index (κ1) is 14.6. The highest BCUT2D eigenvalue weighted by atomic mass is 32.1. The standard InChI is InChI=1S/C13H22O2SSi/c1-10(14)12-11(7-8-16-12)9-15-17(5,6)13(2,3)4/h7-8H,9H2,1-6H3. The molecule has 17 heavy (non-hydrogen) atoms. The van der Waals surface area contributed by atoms with Gasteiger partial charge in [0.05, 0.1) is 11.5 Å². The molecule has 2 nitrogen and oxygen atoms in total. The third-order valence-corrected chi connectivity index (χ3v) is 9.00. The largest absolute Gasteiger partial charge is 0.413 e. The Morgan fingerprint density at radius 2 is 2.00 bits per heavy atom. The van der Waals surface area contributed by atoms with Gasteiger partial charge in [-0.3, -0.25) is 4.79 Å². The maximum atomic E-state index is 11.4. The van der Waals surface area contributed by atoms with Crippen LogP contribution in [-0.4, -0.2) is 14.1 Å². The quantitative estimate of drug-likeness (QED) is 0.596. The van der Waals surface area contributed by atoms with Crippen molar-refractivity contribution in [1.82, 2.24) is 0 Å². The van der Waals surface area contributed by atoms with Gasteiger partial charge in [0.25, 0.3) is 0 Å². The summed E-state index contributed by atoms with van der Waals surface area (Å²) in [6.45, 7) is 13.3. The van der Waals surface area contributed by atoms with Crippen LogP contribution in [0.1, 0.15) is 42.9 Å². The third kappa shape index (κ3) is 3.50. The van der Waals surface area contributed by atoms with Crippen LogP contribution in [0.5, 0.6) is 0 Å². The average Bonchev–Trinajstić information content (AvgIpc) is 2.60. The molecule has 0 aromatic carbocycles. The van der Waals surface area contributed by atoms with Gasteiger partial charge in [-0.25, -0.2) is 0 Å². The zero-order chi connectivity index (χ0) is 13.3. The van der Waals surface area contributed by atoms with Crippen LogP contribution in [0, 0.1) is 0 Å². The van der Waals surface area contributed by atoms with E-state index in [2.05, 4.69) is 33.9 Å². The van der Waals surface area contributed by atoms with E-state index in [4.69, 9.17) is 4.43 Å². The second-order valence-corrected chi connectivity index (χ2v) is 11.6. The molecular formula is C13H22O2SSi. The second-order valence-electron chi connectivity index (χ2n) is 5.88. The highest BCUT2D eigenvalue weighted by Crippen LogP contribution is 2.37. The Morgan fingerprint density at radius 1 is 1.41 bits per heavy atom. The Labute approximate surface area is 109 Å². The fourth-order valence-corrected chi connectivity index (χ4v) is 3.00. The first-order valence-corrected chi connectivity index (χ1v) is 9.65. The molecule has 0 fully saturated rings. The second kappa shape index (κ2) is 5.04. The molecule has 0 N–H and O–H groups in total. The minimum atomic E-state index is -1.73. The molecule has 0 amide bonds. The highest BCUT2D eigenvalue weighted by molar-refractivity contribution is 7.12. The number of carbonyl (C=O) groups excluding carboxylic acids is 1. The van der Waals surface area contributed by atoms with Gasteiger partial charge in [-0.1, -0.05) is 20.8 Å². The van der Waals surface area contributed by atoms with Gasteiger partial charge in [0.1, 0.15) is 0 Å². The average molecular weight is 270 g/mol. The summed E-state index contributed by atoms with van der Waals surface area (Å²) in [7, 11) is -1.73. The molecule has 1 aromatic heterocycles. The fourth-order valence-electron chi connectivity index (χ4n) is 1.23. The maximum Gasteiger partial charge on any atom is 0.192 e. The Bertz CT molecular complexity index is 402. The normalized spacial score (nSPS) is 12.8. The Hall–Kier alpha value is -0.453. The lowest BCUT2D eigenvalue weighted by Gasteiger charge is -2.36. The van der Waals surface area contributed by atoms with Gasteiger partial charge in [0.2, 0.25) is 0 Å². The van der Waals surface area contributed by atoms with Crippen molar-refractivity contribution in [1.29, 1.82) is 0 Å². The number of rotatable bonds is 4. The first-order valence-electron chi connectivity index (χ1n) is 5.86. The fraction of sp³-hybridized carbons (Fsp3) is 0.615. The van der Waals surface area contributed by atoms with Crippen molar-refractivity contribution in [2.45, 2.75) is 52.4 Å². The van der Waals surface area contributed by atoms with E-state index in [1.807, 2.05) is 11.4 Å². The lowest BCUT2D eigenvalue weighted by molar-refractivity contribution is 0.101. The summed E-state index contributed by atoms with van der Waals surface area (Å²) in [5.74, 6) is 0.133. The summed E-state index contributed by atoms with van der Waals surface area (Å²) in [5.41, 5.74) is 1.03. The molecule has 96 valence electrons. The molecule has 0 spiro atoms. The molecule has 1 rings (SSSR count). The number of Topliss-reactive ketones (excluding diaryl/α,β-unsaturated/α-hetero) is 1. The molecule has 0 saturated heterocycles. The molecule has 1 heterocycles. The highest BCUT2D eigenvalue weighted by Gasteiger charge is 2.37. The van der Waals surface area contributed by atoms with Crippen LogP contribution < -0.4 is 0 Å². The third-order valence-electron chi connectivity index (χ3n) is 3.46. The number of carbonyl (C=O) groups is 1. The van der Waals surface area contributed by atoms with E-state index < -0.39 is 8.32 Å². The molecular weight excluding hydrogens is 248 g/mol. The number of thiophene rings is 1. The molecule has 0 aliphatic heterocycles. The van der Waals surface area contributed by atoms with Crippen molar-refractivity contribution in [3.63, 3.8) is 0 Å². The van der Waals surface area contributed by atoms with Gasteiger partial charge in [0.15, 0.2) is 14.1 Å². The summed E-state index contributed by atoms with van der Waals surface area (Å²) in [5, 5.41) is 2.17. The van der Waals surface area contributed by atoms with E-state index >= 15 is 0 Å². The van der Waals surface area contributed by atoms with Crippen molar-refractivity contribution >= 4 is 25.4 Å². The van der Waals surface area contributed by atoms with E-state index in [9.17, 15) is 4.79 Å². The zero-order valence-corrected chi connectivity index (χ0v) is 13.4. The lowest BCUT2D eigenvalue weighted by atomic mass is 10.2. The van der Waals surface area contributed by atoms with Crippen LogP contribution in [0.15, 0.2) is 11.4 Å². The Kier molecular flexibility index (Phi) is 4.33. The van der Waals surface area contributed by atoms with Crippen molar-refractivity contribution in [2.24, 2.45) is 0 Å². The predicted octanol–water partition coefficient (Wildman–Crippen LogP) is 4.47. The number of ketones is 1. The molecule has 0 atom stereocenters. The molecule has 1 aromatic rings. The Balaban J connectivity index is 2.74. The van der Waals surface area contributed by atoms with E-state index in [0.29, 0.717) is 6.61 Å². The zero-order valence-electron chi connectivity index (χ0n) is 11.6. The lowest BCUT2D eigenvalue weighted by Crippen LogP contribution is -2.40. The molecule has 0 aliphatic rings. The van der Waals surface area contributed by atoms with E-state index in [1.54, 1.807) is 6.92 Å². The predicted molar refractivity (Wildman–Crippen MR) is 76.3 cm³/mol. The summed E-state index contributed by atoms with van der Waals surface area (Å²) in [6, 6.07) is 1.99. The van der Waals surface area contributed by atoms with Crippen molar-refractivity contribution < 1.29 is 9.22 Å². The number of hydrogen-bond acceptors (Lipinski definition) is 3. The van der Waals surface area contributed by atoms with E-state index in [1.165, 1.54) is 11.3 Å². The van der Waals surface area contributed by atoms with Crippen LogP contribution in [0.25, 0.3) is 0 Å². The van der Waals surface area contributed by atoms with Crippen molar-refractivity contribution in [2.75, 3.05) is 0 Å². The molecule has 4 heteroatoms. The molecule has 0 unspecified atom stereocenters. The van der Waals surface area contributed by atoms with E-state index in [0.717, 1.165) is 10.4 Å². The van der Waals surface area contributed by atoms with Gasteiger partial charge >= 0.3 is 0 Å². The van der Waals surface area contributed by atoms with Gasteiger partial charge in [-0.2, -0.15) is 0 Å². The van der Waals surface area contributed by atoms with Crippen LogP contribution in [0.4, 0.5) is 0 Å².